The summed E-state index contributed by atoms with van der Waals surface area (Å²) in [6.07, 6.45) is 0. The molecule has 0 aliphatic carbocycles. The van der Waals surface area contributed by atoms with Crippen LogP contribution in [-0.2, 0) is 0 Å². The molecule has 0 aliphatic rings. The van der Waals surface area contributed by atoms with Crippen LogP contribution < -0.4 is 15.8 Å². The lowest BCUT2D eigenvalue weighted by Gasteiger charge is -2.06. The van der Waals surface area contributed by atoms with Gasteiger partial charge in [-0.25, -0.2) is 0 Å². The average molecular weight is 269 g/mol. The highest BCUT2D eigenvalue weighted by Gasteiger charge is 2.10. The maximum Gasteiger partial charge on any atom is 0.320 e. The third-order valence-electron chi connectivity index (χ3n) is 2.23. The number of rotatable bonds is 4. The summed E-state index contributed by atoms with van der Waals surface area (Å²) in [7, 11) is 1.55. The van der Waals surface area contributed by atoms with Gasteiger partial charge in [0.25, 0.3) is 0 Å². The molecule has 1 atom stereocenters. The average Bonchev–Trinajstić information content (AvgIpc) is 2.80. The van der Waals surface area contributed by atoms with E-state index in [2.05, 4.69) is 15.5 Å². The number of anilines is 2. The number of benzene rings is 1. The molecule has 0 fully saturated rings. The molecular formula is C11H13ClN4O2. The molecule has 0 bridgehead atoms. The van der Waals surface area contributed by atoms with Crippen LogP contribution in [0.5, 0.6) is 5.75 Å². The van der Waals surface area contributed by atoms with Crippen LogP contribution in [0.3, 0.4) is 0 Å². The number of aromatic nitrogens is 2. The molecule has 0 saturated heterocycles. The highest BCUT2D eigenvalue weighted by atomic mass is 35.5. The predicted octanol–water partition coefficient (Wildman–Crippen LogP) is 2.49. The highest BCUT2D eigenvalue weighted by molar-refractivity contribution is 6.32. The van der Waals surface area contributed by atoms with Crippen LogP contribution in [0.15, 0.2) is 22.6 Å². The van der Waals surface area contributed by atoms with Gasteiger partial charge >= 0.3 is 6.01 Å². The van der Waals surface area contributed by atoms with E-state index in [1.165, 1.54) is 0 Å². The smallest absolute Gasteiger partial charge is 0.320 e. The Bertz CT molecular complexity index is 542. The SMILES string of the molecule is COc1cc(Nc2nnc(C(C)N)o2)ccc1Cl. The molecule has 2 aromatic rings. The van der Waals surface area contributed by atoms with Gasteiger partial charge in [0.2, 0.25) is 5.89 Å². The summed E-state index contributed by atoms with van der Waals surface area (Å²) in [5.41, 5.74) is 6.36. The number of ether oxygens (including phenoxy) is 1. The summed E-state index contributed by atoms with van der Waals surface area (Å²) in [6.45, 7) is 1.77. The van der Waals surface area contributed by atoms with E-state index in [-0.39, 0.29) is 12.1 Å². The zero-order chi connectivity index (χ0) is 13.1. The van der Waals surface area contributed by atoms with Crippen molar-refractivity contribution in [2.24, 2.45) is 5.73 Å². The molecule has 0 saturated carbocycles. The minimum Gasteiger partial charge on any atom is -0.495 e. The summed E-state index contributed by atoms with van der Waals surface area (Å²) >= 11 is 5.92. The first kappa shape index (κ1) is 12.7. The van der Waals surface area contributed by atoms with Gasteiger partial charge in [-0.3, -0.25) is 0 Å². The van der Waals surface area contributed by atoms with Gasteiger partial charge < -0.3 is 20.2 Å². The standard InChI is InChI=1S/C11H13ClN4O2/c1-6(13)10-15-16-11(18-10)14-7-3-4-8(12)9(5-7)17-2/h3-6H,13H2,1-2H3,(H,14,16). The largest absolute Gasteiger partial charge is 0.495 e. The van der Waals surface area contributed by atoms with E-state index in [1.807, 2.05) is 0 Å². The Hall–Kier alpha value is -1.79. The Kier molecular flexibility index (Phi) is 3.69. The quantitative estimate of drug-likeness (QED) is 0.886. The molecule has 3 N–H and O–H groups in total. The van der Waals surface area contributed by atoms with Gasteiger partial charge in [-0.05, 0) is 19.1 Å². The van der Waals surface area contributed by atoms with Gasteiger partial charge in [0.05, 0.1) is 18.2 Å². The summed E-state index contributed by atoms with van der Waals surface area (Å²) < 4.78 is 10.4. The third-order valence-corrected chi connectivity index (χ3v) is 2.54. The number of halogens is 1. The fraction of sp³-hybridized carbons (Fsp3) is 0.273. The van der Waals surface area contributed by atoms with Gasteiger partial charge in [-0.1, -0.05) is 16.7 Å². The van der Waals surface area contributed by atoms with Gasteiger partial charge in [-0.2, -0.15) is 0 Å². The predicted molar refractivity (Wildman–Crippen MR) is 68.2 cm³/mol. The van der Waals surface area contributed by atoms with E-state index in [0.717, 1.165) is 5.69 Å². The third kappa shape index (κ3) is 2.72. The first-order valence-electron chi connectivity index (χ1n) is 5.29. The molecule has 2 rings (SSSR count). The van der Waals surface area contributed by atoms with Crippen molar-refractivity contribution >= 4 is 23.3 Å². The molecular weight excluding hydrogens is 256 g/mol. The van der Waals surface area contributed by atoms with Crippen LogP contribution in [0.4, 0.5) is 11.7 Å². The van der Waals surface area contributed by atoms with Crippen LogP contribution in [-0.4, -0.2) is 17.3 Å². The summed E-state index contributed by atoms with van der Waals surface area (Å²) in [5.74, 6) is 0.937. The van der Waals surface area contributed by atoms with E-state index in [1.54, 1.807) is 32.2 Å². The van der Waals surface area contributed by atoms with E-state index in [0.29, 0.717) is 16.7 Å². The molecule has 0 radical (unpaired) electrons. The van der Waals surface area contributed by atoms with Crippen molar-refractivity contribution < 1.29 is 9.15 Å². The molecule has 7 heteroatoms. The van der Waals surface area contributed by atoms with Crippen LogP contribution >= 0.6 is 11.6 Å². The molecule has 1 unspecified atom stereocenters. The van der Waals surface area contributed by atoms with Crippen molar-refractivity contribution in [3.05, 3.63) is 29.1 Å². The molecule has 6 nitrogen and oxygen atoms in total. The molecule has 1 aromatic carbocycles. The Morgan fingerprint density at radius 1 is 1.44 bits per heavy atom. The van der Waals surface area contributed by atoms with Crippen molar-refractivity contribution in [2.75, 3.05) is 12.4 Å². The molecule has 0 amide bonds. The van der Waals surface area contributed by atoms with Crippen LogP contribution in [0.25, 0.3) is 0 Å². The van der Waals surface area contributed by atoms with Gasteiger partial charge in [0, 0.05) is 11.8 Å². The Labute approximate surface area is 109 Å². The second-order valence-electron chi connectivity index (χ2n) is 3.71. The van der Waals surface area contributed by atoms with Gasteiger partial charge in [0.1, 0.15) is 5.75 Å². The van der Waals surface area contributed by atoms with Crippen LogP contribution in [0.1, 0.15) is 18.9 Å². The Morgan fingerprint density at radius 3 is 2.83 bits per heavy atom. The first-order valence-corrected chi connectivity index (χ1v) is 5.67. The fourth-order valence-electron chi connectivity index (χ4n) is 1.33. The van der Waals surface area contributed by atoms with Gasteiger partial charge in [-0.15, -0.1) is 5.10 Å². The minimum absolute atomic E-state index is 0.270. The molecule has 0 spiro atoms. The number of methoxy groups -OCH3 is 1. The minimum atomic E-state index is -0.298. The molecule has 1 aromatic heterocycles. The van der Waals surface area contributed by atoms with E-state index >= 15 is 0 Å². The Balaban J connectivity index is 2.17. The van der Waals surface area contributed by atoms with E-state index in [9.17, 15) is 0 Å². The lowest BCUT2D eigenvalue weighted by Crippen LogP contribution is -2.04. The summed E-state index contributed by atoms with van der Waals surface area (Å²) in [5, 5.41) is 11.1. The van der Waals surface area contributed by atoms with Gasteiger partial charge in [0.15, 0.2) is 0 Å². The summed E-state index contributed by atoms with van der Waals surface area (Å²) in [6, 6.07) is 5.20. The molecule has 96 valence electrons. The first-order chi connectivity index (χ1) is 8.60. The van der Waals surface area contributed by atoms with Crippen LogP contribution in [0.2, 0.25) is 5.02 Å². The summed E-state index contributed by atoms with van der Waals surface area (Å²) in [4.78, 5) is 0. The molecule has 1 heterocycles. The molecule has 18 heavy (non-hydrogen) atoms. The number of nitrogens with two attached hydrogens (primary N) is 1. The van der Waals surface area contributed by atoms with E-state index in [4.69, 9.17) is 26.5 Å². The zero-order valence-corrected chi connectivity index (χ0v) is 10.7. The maximum atomic E-state index is 5.92. The number of hydrogen-bond acceptors (Lipinski definition) is 6. The number of nitrogens with one attached hydrogen (secondary N) is 1. The maximum absolute atomic E-state index is 5.92. The van der Waals surface area contributed by atoms with Crippen molar-refractivity contribution in [1.82, 2.24) is 10.2 Å². The van der Waals surface area contributed by atoms with Crippen molar-refractivity contribution in [3.63, 3.8) is 0 Å². The van der Waals surface area contributed by atoms with Crippen molar-refractivity contribution in [3.8, 4) is 5.75 Å². The van der Waals surface area contributed by atoms with Crippen LogP contribution in [0, 0.1) is 0 Å². The topological polar surface area (TPSA) is 86.2 Å². The number of nitrogens with zero attached hydrogens (tertiary/aromatic N) is 2. The van der Waals surface area contributed by atoms with Crippen molar-refractivity contribution in [1.29, 1.82) is 0 Å². The van der Waals surface area contributed by atoms with E-state index < -0.39 is 0 Å². The Morgan fingerprint density at radius 2 is 2.22 bits per heavy atom. The lowest BCUT2D eigenvalue weighted by molar-refractivity contribution is 0.415. The zero-order valence-electron chi connectivity index (χ0n) is 9.98. The lowest BCUT2D eigenvalue weighted by atomic mass is 10.3. The van der Waals surface area contributed by atoms with Crippen molar-refractivity contribution in [2.45, 2.75) is 13.0 Å². The highest BCUT2D eigenvalue weighted by Crippen LogP contribution is 2.28. The monoisotopic (exact) mass is 268 g/mol. The normalized spacial score (nSPS) is 12.2. The fourth-order valence-corrected chi connectivity index (χ4v) is 1.52. The number of hydrogen-bond donors (Lipinski definition) is 2. The second-order valence-corrected chi connectivity index (χ2v) is 4.12. The second kappa shape index (κ2) is 5.24. The molecule has 0 aliphatic heterocycles.